The number of pyridine rings is 1. The Labute approximate surface area is 262 Å². The van der Waals surface area contributed by atoms with E-state index >= 15 is 0 Å². The van der Waals surface area contributed by atoms with E-state index in [4.69, 9.17) is 32.7 Å². The molecule has 11 nitrogen and oxygen atoms in total. The molecule has 0 bridgehead atoms. The van der Waals surface area contributed by atoms with Crippen LogP contribution in [0.4, 0.5) is 11.5 Å². The van der Waals surface area contributed by atoms with Gasteiger partial charge in [0.2, 0.25) is 11.8 Å². The van der Waals surface area contributed by atoms with Crippen LogP contribution in [0.2, 0.25) is 10.0 Å². The molecular weight excluding hydrogens is 609 g/mol. The van der Waals surface area contributed by atoms with E-state index in [2.05, 4.69) is 15.6 Å². The summed E-state index contributed by atoms with van der Waals surface area (Å²) in [5.74, 6) is -0.221. The molecule has 2 amide bonds. The summed E-state index contributed by atoms with van der Waals surface area (Å²) >= 11 is 12.7. The van der Waals surface area contributed by atoms with Gasteiger partial charge in [-0.15, -0.1) is 0 Å². The van der Waals surface area contributed by atoms with E-state index in [9.17, 15) is 19.2 Å². The van der Waals surface area contributed by atoms with Gasteiger partial charge in [0.1, 0.15) is 12.4 Å². The van der Waals surface area contributed by atoms with Crippen molar-refractivity contribution in [3.05, 3.63) is 108 Å². The SMILES string of the molecule is COCC(COC)n1c(=O)c(-c2cccc(Cl)c2Cl)cn(CC(=O)Nc2ccc3c(c2)CC(=O)Nc2ncccc2C3)c1=O. The minimum absolute atomic E-state index is 0.00511. The van der Waals surface area contributed by atoms with Crippen molar-refractivity contribution < 1.29 is 19.1 Å². The smallest absolute Gasteiger partial charge is 0.331 e. The quantitative estimate of drug-likeness (QED) is 0.284. The van der Waals surface area contributed by atoms with Crippen LogP contribution in [0.15, 0.2) is 70.5 Å². The van der Waals surface area contributed by atoms with Crippen LogP contribution in [0.25, 0.3) is 11.1 Å². The summed E-state index contributed by atoms with van der Waals surface area (Å²) in [7, 11) is 2.89. The van der Waals surface area contributed by atoms with Crippen LogP contribution in [-0.2, 0) is 38.4 Å². The number of methoxy groups -OCH3 is 2. The third-order valence-corrected chi connectivity index (χ3v) is 8.01. The molecule has 1 aliphatic rings. The highest BCUT2D eigenvalue weighted by molar-refractivity contribution is 6.43. The van der Waals surface area contributed by atoms with E-state index in [1.54, 1.807) is 36.5 Å². The average molecular weight is 639 g/mol. The first-order valence-corrected chi connectivity index (χ1v) is 14.4. The zero-order valence-electron chi connectivity index (χ0n) is 23.9. The second-order valence-corrected chi connectivity index (χ2v) is 11.0. The lowest BCUT2D eigenvalue weighted by Gasteiger charge is -2.21. The molecule has 0 aliphatic carbocycles. The first-order valence-electron chi connectivity index (χ1n) is 13.6. The van der Waals surface area contributed by atoms with Crippen molar-refractivity contribution >= 4 is 46.5 Å². The van der Waals surface area contributed by atoms with Gasteiger partial charge in [0.05, 0.1) is 41.3 Å². The maximum atomic E-state index is 13.7. The Morgan fingerprint density at radius 2 is 1.75 bits per heavy atom. The van der Waals surface area contributed by atoms with Gasteiger partial charge in [-0.05, 0) is 41.0 Å². The number of rotatable bonds is 9. The van der Waals surface area contributed by atoms with E-state index in [-0.39, 0.29) is 41.2 Å². The molecule has 0 saturated heterocycles. The lowest BCUT2D eigenvalue weighted by Crippen LogP contribution is -2.46. The second-order valence-electron chi connectivity index (χ2n) is 10.2. The highest BCUT2D eigenvalue weighted by Gasteiger charge is 2.23. The molecule has 0 fully saturated rings. The number of halogens is 2. The van der Waals surface area contributed by atoms with Gasteiger partial charge >= 0.3 is 5.69 Å². The van der Waals surface area contributed by atoms with Crippen molar-refractivity contribution in [1.29, 1.82) is 0 Å². The van der Waals surface area contributed by atoms with Gasteiger partial charge in [-0.2, -0.15) is 0 Å². The number of hydrogen-bond donors (Lipinski definition) is 2. The molecule has 4 aromatic rings. The van der Waals surface area contributed by atoms with Crippen molar-refractivity contribution in [3.63, 3.8) is 0 Å². The van der Waals surface area contributed by atoms with E-state index in [1.165, 1.54) is 20.4 Å². The molecule has 2 N–H and O–H groups in total. The molecule has 1 aliphatic heterocycles. The monoisotopic (exact) mass is 637 g/mol. The number of fused-ring (bicyclic) bond motifs is 2. The molecule has 0 spiro atoms. The Morgan fingerprint density at radius 1 is 0.977 bits per heavy atom. The zero-order chi connectivity index (χ0) is 31.4. The molecule has 228 valence electrons. The molecule has 3 heterocycles. The minimum atomic E-state index is -0.780. The van der Waals surface area contributed by atoms with Crippen LogP contribution < -0.4 is 21.9 Å². The first-order chi connectivity index (χ1) is 21.2. The summed E-state index contributed by atoms with van der Waals surface area (Å²) in [4.78, 5) is 57.5. The topological polar surface area (TPSA) is 134 Å². The van der Waals surface area contributed by atoms with E-state index in [1.807, 2.05) is 18.2 Å². The van der Waals surface area contributed by atoms with Crippen LogP contribution in [-0.4, -0.2) is 53.4 Å². The van der Waals surface area contributed by atoms with Crippen LogP contribution in [0.1, 0.15) is 22.7 Å². The number of aromatic nitrogens is 3. The number of benzene rings is 2. The van der Waals surface area contributed by atoms with Crippen LogP contribution in [0, 0.1) is 0 Å². The lowest BCUT2D eigenvalue weighted by molar-refractivity contribution is -0.117. The largest absolute Gasteiger partial charge is 0.382 e. The number of nitrogens with one attached hydrogen (secondary N) is 2. The van der Waals surface area contributed by atoms with E-state index in [0.717, 1.165) is 25.8 Å². The maximum Gasteiger partial charge on any atom is 0.331 e. The van der Waals surface area contributed by atoms with Crippen molar-refractivity contribution in [3.8, 4) is 11.1 Å². The predicted molar refractivity (Wildman–Crippen MR) is 168 cm³/mol. The number of ether oxygens (including phenoxy) is 2. The fraction of sp³-hybridized carbons (Fsp3) is 0.258. The highest BCUT2D eigenvalue weighted by atomic mass is 35.5. The Hall–Kier alpha value is -4.29. The summed E-state index contributed by atoms with van der Waals surface area (Å²) in [5.41, 5.74) is 2.02. The molecule has 0 saturated carbocycles. The summed E-state index contributed by atoms with van der Waals surface area (Å²) in [6, 6.07) is 13.1. The predicted octanol–water partition coefficient (Wildman–Crippen LogP) is 3.94. The molecule has 44 heavy (non-hydrogen) atoms. The van der Waals surface area contributed by atoms with Crippen LogP contribution >= 0.6 is 23.2 Å². The normalized spacial score (nSPS) is 12.6. The Balaban J connectivity index is 1.48. The Morgan fingerprint density at radius 3 is 2.50 bits per heavy atom. The van der Waals surface area contributed by atoms with Crippen molar-refractivity contribution in [2.75, 3.05) is 38.1 Å². The van der Waals surface area contributed by atoms with Gasteiger partial charge in [-0.3, -0.25) is 23.5 Å². The van der Waals surface area contributed by atoms with Gasteiger partial charge in [0.25, 0.3) is 5.56 Å². The standard InChI is InChI=1S/C31H29Cl2N5O6/c1-43-16-22(17-44-2)38-30(41)24(23-6-3-7-25(32)28(23)33)14-37(31(38)42)15-27(40)35-21-9-8-18-11-19-5-4-10-34-29(19)36-26(39)13-20(18)12-21/h3-10,12,14,22H,11,13,15-17H2,1-2H3,(H,35,40)(H,34,36,39). The van der Waals surface area contributed by atoms with Gasteiger partial charge < -0.3 is 20.1 Å². The van der Waals surface area contributed by atoms with Gasteiger partial charge in [0.15, 0.2) is 0 Å². The maximum absolute atomic E-state index is 13.7. The summed E-state index contributed by atoms with van der Waals surface area (Å²) in [6.45, 7) is -0.413. The number of carbonyl (C=O) groups is 2. The number of nitrogens with zero attached hydrogens (tertiary/aromatic N) is 3. The lowest BCUT2D eigenvalue weighted by atomic mass is 9.95. The van der Waals surface area contributed by atoms with Gasteiger partial charge in [-0.1, -0.05) is 47.5 Å². The van der Waals surface area contributed by atoms with Gasteiger partial charge in [-0.25, -0.2) is 9.78 Å². The molecule has 2 aromatic carbocycles. The van der Waals surface area contributed by atoms with Crippen LogP contribution in [0.3, 0.4) is 0 Å². The fourth-order valence-electron chi connectivity index (χ4n) is 5.18. The van der Waals surface area contributed by atoms with Crippen LogP contribution in [0.5, 0.6) is 0 Å². The summed E-state index contributed by atoms with van der Waals surface area (Å²) in [6.07, 6.45) is 3.58. The summed E-state index contributed by atoms with van der Waals surface area (Å²) in [5, 5.41) is 5.99. The zero-order valence-corrected chi connectivity index (χ0v) is 25.4. The Kier molecular flexibility index (Phi) is 9.60. The number of hydrogen-bond acceptors (Lipinski definition) is 7. The third-order valence-electron chi connectivity index (χ3n) is 7.20. The second kappa shape index (κ2) is 13.6. The number of amides is 2. The molecule has 13 heteroatoms. The number of carbonyl (C=O) groups excluding carboxylic acids is 2. The van der Waals surface area contributed by atoms with Gasteiger partial charge in [0, 0.05) is 44.3 Å². The van der Waals surface area contributed by atoms with E-state index < -0.39 is 29.7 Å². The fourth-order valence-corrected chi connectivity index (χ4v) is 5.58. The van der Waals surface area contributed by atoms with Crippen molar-refractivity contribution in [2.24, 2.45) is 0 Å². The molecule has 2 aromatic heterocycles. The average Bonchev–Trinajstić information content (AvgIpc) is 2.98. The number of anilines is 2. The summed E-state index contributed by atoms with van der Waals surface area (Å²) < 4.78 is 12.6. The first kappa shape index (κ1) is 31.1. The van der Waals surface area contributed by atoms with Crippen molar-refractivity contribution in [1.82, 2.24) is 14.1 Å². The molecule has 5 rings (SSSR count). The molecule has 0 unspecified atom stereocenters. The highest BCUT2D eigenvalue weighted by Crippen LogP contribution is 2.32. The Bertz CT molecular complexity index is 1850. The molecular formula is C31H29Cl2N5O6. The molecule has 0 radical (unpaired) electrons. The van der Waals surface area contributed by atoms with E-state index in [0.29, 0.717) is 23.5 Å². The molecule has 0 atom stereocenters. The van der Waals surface area contributed by atoms with Crippen molar-refractivity contribution in [2.45, 2.75) is 25.4 Å². The third kappa shape index (κ3) is 6.61. The minimum Gasteiger partial charge on any atom is -0.382 e.